The number of anilines is 2. The van der Waals surface area contributed by atoms with Crippen molar-refractivity contribution in [2.45, 2.75) is 38.8 Å². The maximum absolute atomic E-state index is 7.99. The lowest BCUT2D eigenvalue weighted by atomic mass is 10.0. The summed E-state index contributed by atoms with van der Waals surface area (Å²) in [6.45, 7) is 13.0. The van der Waals surface area contributed by atoms with Crippen LogP contribution in [0.25, 0.3) is 0 Å². The van der Waals surface area contributed by atoms with Crippen molar-refractivity contribution in [1.29, 1.82) is 5.41 Å². The summed E-state index contributed by atoms with van der Waals surface area (Å²) in [4.78, 5) is 13.4. The minimum absolute atomic E-state index is 0.115. The van der Waals surface area contributed by atoms with Gasteiger partial charge in [-0.25, -0.2) is 0 Å². The first-order valence-corrected chi connectivity index (χ1v) is 11.3. The second kappa shape index (κ2) is 11.4. The molecule has 7 nitrogen and oxygen atoms in total. The van der Waals surface area contributed by atoms with E-state index in [0.29, 0.717) is 23.8 Å². The standard InChI is InChI=1S/C23H33ClN6O/c1-4-6-7-18(5-2)16-29-10-8-19(9-11-29)26-21-20(14-25)22(28-23(24)27-21)30-12-13-31-17(3)15-30/h4-7,14,17,19,25H,2,8-13,15-16H2,1,3H3,(H,26,27,28)/b6-4-,18-7+,25-14?. The maximum atomic E-state index is 7.99. The van der Waals surface area contributed by atoms with Crippen LogP contribution in [0.15, 0.2) is 36.5 Å². The molecule has 2 N–H and O–H groups in total. The van der Waals surface area contributed by atoms with Crippen molar-refractivity contribution in [3.05, 3.63) is 47.3 Å². The highest BCUT2D eigenvalue weighted by Crippen LogP contribution is 2.28. The van der Waals surface area contributed by atoms with Crippen LogP contribution in [0.4, 0.5) is 11.6 Å². The molecular formula is C23H33ClN6O. The Hall–Kier alpha value is -2.22. The van der Waals surface area contributed by atoms with Gasteiger partial charge in [-0.1, -0.05) is 30.9 Å². The SMILES string of the molecule is C=C/C(=C\C=C/C)CN1CCC(Nc2nc(Cl)nc(N3CCOC(C)C3)c2C=N)CC1. The molecule has 3 rings (SSSR count). The van der Waals surface area contributed by atoms with Crippen LogP contribution >= 0.6 is 11.6 Å². The second-order valence-corrected chi connectivity index (χ2v) is 8.35. The molecule has 3 heterocycles. The van der Waals surface area contributed by atoms with Crippen LogP contribution < -0.4 is 10.2 Å². The lowest BCUT2D eigenvalue weighted by Gasteiger charge is -2.34. The molecule has 168 valence electrons. The van der Waals surface area contributed by atoms with Gasteiger partial charge in [-0.3, -0.25) is 4.90 Å². The van der Waals surface area contributed by atoms with Crippen LogP contribution in [0.5, 0.6) is 0 Å². The van der Waals surface area contributed by atoms with E-state index in [2.05, 4.69) is 43.8 Å². The quantitative estimate of drug-likeness (QED) is 0.359. The minimum Gasteiger partial charge on any atom is -0.375 e. The van der Waals surface area contributed by atoms with Gasteiger partial charge in [-0.15, -0.1) is 0 Å². The Balaban J connectivity index is 1.66. The van der Waals surface area contributed by atoms with E-state index in [1.807, 2.05) is 26.0 Å². The van der Waals surface area contributed by atoms with Crippen LogP contribution in [0.3, 0.4) is 0 Å². The Kier molecular flexibility index (Phi) is 8.63. The Morgan fingerprint density at radius 3 is 2.74 bits per heavy atom. The fraction of sp³-hybridized carbons (Fsp3) is 0.522. The largest absolute Gasteiger partial charge is 0.375 e. The molecule has 0 bridgehead atoms. The number of piperidine rings is 1. The third-order valence-electron chi connectivity index (χ3n) is 5.68. The van der Waals surface area contributed by atoms with Crippen molar-refractivity contribution in [2.75, 3.05) is 49.5 Å². The number of halogens is 1. The molecule has 0 radical (unpaired) electrons. The van der Waals surface area contributed by atoms with E-state index in [1.165, 1.54) is 11.8 Å². The number of hydrogen-bond donors (Lipinski definition) is 2. The predicted octanol–water partition coefficient (Wildman–Crippen LogP) is 3.92. The summed E-state index contributed by atoms with van der Waals surface area (Å²) in [5, 5.41) is 11.7. The maximum Gasteiger partial charge on any atom is 0.226 e. The van der Waals surface area contributed by atoms with Crippen LogP contribution in [-0.4, -0.2) is 72.6 Å². The number of likely N-dealkylation sites (tertiary alicyclic amines) is 1. The number of nitrogens with one attached hydrogen (secondary N) is 2. The van der Waals surface area contributed by atoms with Gasteiger partial charge in [0, 0.05) is 45.0 Å². The lowest BCUT2D eigenvalue weighted by molar-refractivity contribution is 0.0529. The summed E-state index contributed by atoms with van der Waals surface area (Å²) in [7, 11) is 0. The van der Waals surface area contributed by atoms with E-state index in [0.717, 1.165) is 45.6 Å². The molecule has 0 amide bonds. The zero-order chi connectivity index (χ0) is 22.2. The van der Waals surface area contributed by atoms with Crippen molar-refractivity contribution in [3.63, 3.8) is 0 Å². The highest BCUT2D eigenvalue weighted by Gasteiger charge is 2.25. The number of hydrogen-bond acceptors (Lipinski definition) is 7. The predicted molar refractivity (Wildman–Crippen MR) is 129 cm³/mol. The summed E-state index contributed by atoms with van der Waals surface area (Å²) < 4.78 is 5.64. The lowest BCUT2D eigenvalue weighted by Crippen LogP contribution is -2.42. The Morgan fingerprint density at radius 1 is 1.32 bits per heavy atom. The van der Waals surface area contributed by atoms with Gasteiger partial charge in [0.2, 0.25) is 5.28 Å². The van der Waals surface area contributed by atoms with Crippen molar-refractivity contribution in [3.8, 4) is 0 Å². The first kappa shape index (κ1) is 23.4. The average molecular weight is 445 g/mol. The molecule has 31 heavy (non-hydrogen) atoms. The van der Waals surface area contributed by atoms with Crippen molar-refractivity contribution < 1.29 is 4.74 Å². The summed E-state index contributed by atoms with van der Waals surface area (Å²) in [6.07, 6.45) is 11.6. The summed E-state index contributed by atoms with van der Waals surface area (Å²) in [6, 6.07) is 0.282. The van der Waals surface area contributed by atoms with Crippen molar-refractivity contribution >= 4 is 29.5 Å². The molecule has 0 aromatic carbocycles. The topological polar surface area (TPSA) is 77.4 Å². The van der Waals surface area contributed by atoms with E-state index < -0.39 is 0 Å². The van der Waals surface area contributed by atoms with E-state index in [1.54, 1.807) is 0 Å². The van der Waals surface area contributed by atoms with Crippen LogP contribution in [0.2, 0.25) is 5.28 Å². The number of rotatable bonds is 8. The number of ether oxygens (including phenoxy) is 1. The first-order valence-electron chi connectivity index (χ1n) is 10.9. The molecule has 2 saturated heterocycles. The zero-order valence-corrected chi connectivity index (χ0v) is 19.2. The van der Waals surface area contributed by atoms with Crippen LogP contribution in [0, 0.1) is 5.41 Å². The van der Waals surface area contributed by atoms with Gasteiger partial charge in [-0.2, -0.15) is 9.97 Å². The van der Waals surface area contributed by atoms with Gasteiger partial charge in [0.05, 0.1) is 18.3 Å². The first-order chi connectivity index (χ1) is 15.0. The van der Waals surface area contributed by atoms with Crippen molar-refractivity contribution in [1.82, 2.24) is 14.9 Å². The minimum atomic E-state index is 0.115. The number of nitrogens with zero attached hydrogens (tertiary/aromatic N) is 4. The summed E-state index contributed by atoms with van der Waals surface area (Å²) in [5.74, 6) is 1.34. The Labute approximate surface area is 190 Å². The van der Waals surface area contributed by atoms with Gasteiger partial charge >= 0.3 is 0 Å². The highest BCUT2D eigenvalue weighted by atomic mass is 35.5. The molecule has 1 atom stereocenters. The number of aromatic nitrogens is 2. The smallest absolute Gasteiger partial charge is 0.226 e. The molecule has 8 heteroatoms. The van der Waals surface area contributed by atoms with Gasteiger partial charge in [0.1, 0.15) is 11.6 Å². The van der Waals surface area contributed by atoms with E-state index in [4.69, 9.17) is 21.7 Å². The van der Waals surface area contributed by atoms with Gasteiger partial charge < -0.3 is 20.4 Å². The normalized spacial score (nSPS) is 21.5. The molecule has 2 aliphatic heterocycles. The summed E-state index contributed by atoms with van der Waals surface area (Å²) >= 11 is 6.27. The number of morpholine rings is 1. The van der Waals surface area contributed by atoms with Crippen LogP contribution in [0.1, 0.15) is 32.3 Å². The average Bonchev–Trinajstić information content (AvgIpc) is 2.77. The third kappa shape index (κ3) is 6.38. The van der Waals surface area contributed by atoms with E-state index in [9.17, 15) is 0 Å². The molecule has 2 aliphatic rings. The van der Waals surface area contributed by atoms with Gasteiger partial charge in [0.25, 0.3) is 0 Å². The molecule has 1 unspecified atom stereocenters. The van der Waals surface area contributed by atoms with Crippen molar-refractivity contribution in [2.24, 2.45) is 0 Å². The fourth-order valence-electron chi connectivity index (χ4n) is 4.02. The summed E-state index contributed by atoms with van der Waals surface area (Å²) in [5.41, 5.74) is 1.91. The second-order valence-electron chi connectivity index (χ2n) is 8.02. The zero-order valence-electron chi connectivity index (χ0n) is 18.5. The molecule has 0 aliphatic carbocycles. The number of allylic oxidation sites excluding steroid dienone is 3. The van der Waals surface area contributed by atoms with Gasteiger partial charge in [-0.05, 0) is 43.9 Å². The molecule has 2 fully saturated rings. The molecule has 0 spiro atoms. The molecule has 0 saturated carbocycles. The molecule has 1 aromatic rings. The Morgan fingerprint density at radius 2 is 2.10 bits per heavy atom. The monoisotopic (exact) mass is 444 g/mol. The fourth-order valence-corrected chi connectivity index (χ4v) is 4.18. The molecular weight excluding hydrogens is 412 g/mol. The van der Waals surface area contributed by atoms with Gasteiger partial charge in [0.15, 0.2) is 0 Å². The third-order valence-corrected chi connectivity index (χ3v) is 5.85. The molecule has 1 aromatic heterocycles. The Bertz CT molecular complexity index is 832. The van der Waals surface area contributed by atoms with E-state index >= 15 is 0 Å². The van der Waals surface area contributed by atoms with E-state index in [-0.39, 0.29) is 17.4 Å². The van der Waals surface area contributed by atoms with Crippen LogP contribution in [-0.2, 0) is 4.74 Å². The highest BCUT2D eigenvalue weighted by molar-refractivity contribution is 6.28.